The van der Waals surface area contributed by atoms with Crippen LogP contribution in [0.1, 0.15) is 64.9 Å². The highest BCUT2D eigenvalue weighted by Crippen LogP contribution is 2.53. The van der Waals surface area contributed by atoms with E-state index in [-0.39, 0.29) is 33.9 Å². The van der Waals surface area contributed by atoms with Gasteiger partial charge in [-0.2, -0.15) is 0 Å². The molecule has 2 aliphatic carbocycles. The highest BCUT2D eigenvalue weighted by Gasteiger charge is 2.48. The van der Waals surface area contributed by atoms with E-state index < -0.39 is 43.2 Å². The first kappa shape index (κ1) is 28.8. The smallest absolute Gasteiger partial charge is 0.229 e. The number of carbonyl (C=O) groups excluding carboxylic acids is 2. The van der Waals surface area contributed by atoms with Crippen LogP contribution >= 0.6 is 0 Å². The molecule has 0 spiro atoms. The van der Waals surface area contributed by atoms with Gasteiger partial charge in [0.2, 0.25) is 6.29 Å². The molecule has 40 heavy (non-hydrogen) atoms. The topological polar surface area (TPSA) is 152 Å². The van der Waals surface area contributed by atoms with E-state index >= 15 is 0 Å². The molecule has 0 bridgehead atoms. The lowest BCUT2D eigenvalue weighted by molar-refractivity contribution is -0.277. The molecule has 10 heteroatoms. The lowest BCUT2D eigenvalue weighted by Gasteiger charge is -2.42. The predicted octanol–water partition coefficient (Wildman–Crippen LogP) is 2.27. The molecule has 1 aromatic rings. The summed E-state index contributed by atoms with van der Waals surface area (Å²) in [7, 11) is 1.43. The fraction of sp³-hybridized carbons (Fsp3) is 0.600. The van der Waals surface area contributed by atoms with Gasteiger partial charge in [-0.1, -0.05) is 33.8 Å². The van der Waals surface area contributed by atoms with Crippen LogP contribution in [-0.4, -0.2) is 76.4 Å². The number of ketones is 2. The lowest BCUT2D eigenvalue weighted by atomic mass is 9.65. The molecule has 1 aromatic carbocycles. The standard InChI is InChI=1S/C30H38O10/c1-29(2)9-15(32)23-19(11-29)38-20-12-30(3,4)10-16(33)24(20)22(23)14-6-7-17(18(8-14)37-5)39-28-27(36)26(35)25(34)21(13-31)40-28/h6-8,21-22,25-28,31,34-36H,9-13H2,1-5H3/t21?,25-,26?,27?,28-/m1/s1. The van der Waals surface area contributed by atoms with E-state index in [2.05, 4.69) is 0 Å². The maximum Gasteiger partial charge on any atom is 0.229 e. The Bertz CT molecular complexity index is 1220. The van der Waals surface area contributed by atoms with Crippen molar-refractivity contribution in [1.29, 1.82) is 0 Å². The minimum Gasteiger partial charge on any atom is -0.493 e. The van der Waals surface area contributed by atoms with Crippen LogP contribution in [0.4, 0.5) is 0 Å². The van der Waals surface area contributed by atoms with Gasteiger partial charge in [0, 0.05) is 42.7 Å². The van der Waals surface area contributed by atoms with Crippen LogP contribution in [0.25, 0.3) is 0 Å². The molecule has 4 N–H and O–H groups in total. The number of ether oxygens (including phenoxy) is 4. The molecule has 2 aliphatic heterocycles. The monoisotopic (exact) mass is 558 g/mol. The van der Waals surface area contributed by atoms with E-state index in [0.717, 1.165) is 0 Å². The first-order valence-electron chi connectivity index (χ1n) is 13.6. The van der Waals surface area contributed by atoms with Crippen LogP contribution in [0.5, 0.6) is 11.5 Å². The normalized spacial score (nSPS) is 31.9. The van der Waals surface area contributed by atoms with Gasteiger partial charge in [0.15, 0.2) is 23.1 Å². The second-order valence-electron chi connectivity index (χ2n) is 12.8. The van der Waals surface area contributed by atoms with Crippen LogP contribution < -0.4 is 9.47 Å². The fourth-order valence-electron chi connectivity index (χ4n) is 6.26. The van der Waals surface area contributed by atoms with E-state index in [1.54, 1.807) is 18.2 Å². The summed E-state index contributed by atoms with van der Waals surface area (Å²) in [4.78, 5) is 27.1. The molecule has 0 saturated carbocycles. The van der Waals surface area contributed by atoms with Crippen molar-refractivity contribution in [3.8, 4) is 11.5 Å². The number of aliphatic hydroxyl groups is 4. The van der Waals surface area contributed by atoms with Gasteiger partial charge in [-0.3, -0.25) is 9.59 Å². The molecule has 4 aliphatic rings. The Morgan fingerprint density at radius 1 is 0.850 bits per heavy atom. The Balaban J connectivity index is 1.55. The number of rotatable bonds is 5. The molecule has 0 aromatic heterocycles. The number of benzene rings is 1. The first-order valence-corrected chi connectivity index (χ1v) is 13.6. The van der Waals surface area contributed by atoms with Crippen molar-refractivity contribution in [2.24, 2.45) is 10.8 Å². The van der Waals surface area contributed by atoms with Crippen molar-refractivity contribution in [3.63, 3.8) is 0 Å². The number of methoxy groups -OCH3 is 1. The van der Waals surface area contributed by atoms with E-state index in [1.807, 2.05) is 27.7 Å². The highest BCUT2D eigenvalue weighted by atomic mass is 16.7. The minimum atomic E-state index is -1.60. The van der Waals surface area contributed by atoms with Crippen LogP contribution in [0.2, 0.25) is 0 Å². The minimum absolute atomic E-state index is 0.0546. The van der Waals surface area contributed by atoms with Crippen molar-refractivity contribution < 1.29 is 49.0 Å². The van der Waals surface area contributed by atoms with E-state index in [4.69, 9.17) is 18.9 Å². The first-order chi connectivity index (χ1) is 18.7. The predicted molar refractivity (Wildman–Crippen MR) is 141 cm³/mol. The summed E-state index contributed by atoms with van der Waals surface area (Å²) in [5.41, 5.74) is 1.11. The van der Waals surface area contributed by atoms with Crippen LogP contribution in [0.3, 0.4) is 0 Å². The van der Waals surface area contributed by atoms with Crippen molar-refractivity contribution in [2.45, 2.75) is 90.0 Å². The maximum atomic E-state index is 13.5. The summed E-state index contributed by atoms with van der Waals surface area (Å²) in [5, 5.41) is 40.1. The third-order valence-electron chi connectivity index (χ3n) is 8.19. The summed E-state index contributed by atoms with van der Waals surface area (Å²) in [6.07, 6.45) is -5.41. The third kappa shape index (κ3) is 5.07. The third-order valence-corrected chi connectivity index (χ3v) is 8.19. The van der Waals surface area contributed by atoms with Gasteiger partial charge in [0.1, 0.15) is 35.9 Å². The molecular formula is C30H38O10. The Hall–Kier alpha value is -2.76. The van der Waals surface area contributed by atoms with Gasteiger partial charge in [0.05, 0.1) is 13.7 Å². The molecule has 1 fully saturated rings. The van der Waals surface area contributed by atoms with Gasteiger partial charge in [-0.15, -0.1) is 0 Å². The zero-order chi connectivity index (χ0) is 29.1. The number of allylic oxidation sites excluding steroid dienone is 4. The molecule has 1 saturated heterocycles. The van der Waals surface area contributed by atoms with Crippen LogP contribution in [0.15, 0.2) is 40.9 Å². The number of hydrogen-bond acceptors (Lipinski definition) is 10. The SMILES string of the molecule is COc1cc(C2C3=C(CC(C)(C)CC3=O)OC3=C2C(=O)CC(C)(C)C3)ccc1O[C@@H]1OC(CO)[C@@H](O)C(O)C1O. The molecular weight excluding hydrogens is 520 g/mol. The quantitative estimate of drug-likeness (QED) is 0.424. The van der Waals surface area contributed by atoms with Gasteiger partial charge in [-0.05, 0) is 28.5 Å². The fourth-order valence-corrected chi connectivity index (χ4v) is 6.26. The van der Waals surface area contributed by atoms with Crippen molar-refractivity contribution >= 4 is 11.6 Å². The summed E-state index contributed by atoms with van der Waals surface area (Å²) >= 11 is 0. The summed E-state index contributed by atoms with van der Waals surface area (Å²) < 4.78 is 23.2. The van der Waals surface area contributed by atoms with Crippen molar-refractivity contribution in [3.05, 3.63) is 46.4 Å². The Labute approximate surface area is 233 Å². The van der Waals surface area contributed by atoms with Gasteiger partial charge < -0.3 is 39.4 Å². The largest absolute Gasteiger partial charge is 0.493 e. The van der Waals surface area contributed by atoms with Crippen LogP contribution in [-0.2, 0) is 19.1 Å². The number of hydrogen-bond donors (Lipinski definition) is 4. The van der Waals surface area contributed by atoms with Crippen LogP contribution in [0, 0.1) is 10.8 Å². The molecule has 5 atom stereocenters. The summed E-state index contributed by atoms with van der Waals surface area (Å²) in [5.74, 6) is 0.895. The van der Waals surface area contributed by atoms with E-state index in [9.17, 15) is 30.0 Å². The zero-order valence-electron chi connectivity index (χ0n) is 23.5. The Morgan fingerprint density at radius 2 is 1.43 bits per heavy atom. The van der Waals surface area contributed by atoms with Gasteiger partial charge in [0.25, 0.3) is 0 Å². The number of carbonyl (C=O) groups is 2. The Morgan fingerprint density at radius 3 is 1.95 bits per heavy atom. The average Bonchev–Trinajstić information content (AvgIpc) is 2.86. The summed E-state index contributed by atoms with van der Waals surface area (Å²) in [6, 6.07) is 5.00. The second kappa shape index (κ2) is 10.3. The zero-order valence-corrected chi connectivity index (χ0v) is 23.5. The van der Waals surface area contributed by atoms with Gasteiger partial charge in [-0.25, -0.2) is 0 Å². The van der Waals surface area contributed by atoms with E-state index in [1.165, 1.54) is 7.11 Å². The van der Waals surface area contributed by atoms with Crippen molar-refractivity contribution in [2.75, 3.05) is 13.7 Å². The number of Topliss-reactive ketones (excluding diaryl/α,β-unsaturated/α-hetero) is 2. The maximum absolute atomic E-state index is 13.5. The molecule has 5 rings (SSSR count). The second-order valence-corrected chi connectivity index (χ2v) is 12.8. The van der Waals surface area contributed by atoms with Gasteiger partial charge >= 0.3 is 0 Å². The molecule has 10 nitrogen and oxygen atoms in total. The highest BCUT2D eigenvalue weighted by molar-refractivity contribution is 6.06. The number of aliphatic hydroxyl groups excluding tert-OH is 4. The molecule has 218 valence electrons. The average molecular weight is 559 g/mol. The molecule has 0 radical (unpaired) electrons. The molecule has 3 unspecified atom stereocenters. The van der Waals surface area contributed by atoms with Crippen molar-refractivity contribution in [1.82, 2.24) is 0 Å². The Kier molecular flexibility index (Phi) is 7.37. The molecule has 2 heterocycles. The van der Waals surface area contributed by atoms with E-state index in [0.29, 0.717) is 53.9 Å². The molecule has 0 amide bonds. The lowest BCUT2D eigenvalue weighted by Crippen LogP contribution is -2.60. The summed E-state index contributed by atoms with van der Waals surface area (Å²) in [6.45, 7) is 7.53.